The molecule has 4 heteroatoms. The number of para-hydroxylation sites is 2. The van der Waals surface area contributed by atoms with Crippen molar-refractivity contribution in [3.05, 3.63) is 54.6 Å². The highest BCUT2D eigenvalue weighted by atomic mass is 32.2. The molecule has 0 saturated carbocycles. The molecule has 0 bridgehead atoms. The minimum Gasteiger partial charge on any atom is -0.495 e. The zero-order chi connectivity index (χ0) is 11.9. The van der Waals surface area contributed by atoms with Gasteiger partial charge in [-0.1, -0.05) is 30.3 Å². The predicted molar refractivity (Wildman–Crippen MR) is 67.0 cm³/mol. The Morgan fingerprint density at radius 3 is 2.35 bits per heavy atom. The third-order valence-corrected chi connectivity index (χ3v) is 2.72. The van der Waals surface area contributed by atoms with Crippen LogP contribution >= 0.6 is 12.0 Å². The van der Waals surface area contributed by atoms with Crippen LogP contribution in [-0.2, 0) is 4.33 Å². The average molecular weight is 248 g/mol. The first kappa shape index (κ1) is 11.8. The van der Waals surface area contributed by atoms with Gasteiger partial charge in [-0.05, 0) is 24.3 Å². The Bertz CT molecular complexity index is 459. The van der Waals surface area contributed by atoms with Crippen LogP contribution < -0.4 is 9.62 Å². The van der Waals surface area contributed by atoms with Crippen LogP contribution in [0.2, 0.25) is 0 Å². The lowest BCUT2D eigenvalue weighted by molar-refractivity contribution is -0.0778. The zero-order valence-corrected chi connectivity index (χ0v) is 10.1. The molecule has 0 atom stereocenters. The van der Waals surface area contributed by atoms with Crippen molar-refractivity contribution in [3.8, 4) is 11.5 Å². The third-order valence-electron chi connectivity index (χ3n) is 2.07. The normalized spacial score (nSPS) is 9.94. The van der Waals surface area contributed by atoms with Crippen molar-refractivity contribution in [2.45, 2.75) is 4.90 Å². The van der Waals surface area contributed by atoms with E-state index in [4.69, 9.17) is 14.0 Å². The van der Waals surface area contributed by atoms with Gasteiger partial charge in [0.1, 0.15) is 5.75 Å². The van der Waals surface area contributed by atoms with Crippen LogP contribution in [0.15, 0.2) is 59.5 Å². The molecule has 0 aliphatic heterocycles. The van der Waals surface area contributed by atoms with Gasteiger partial charge in [-0.2, -0.15) is 0 Å². The highest BCUT2D eigenvalue weighted by Gasteiger charge is 2.04. The molecule has 0 aliphatic rings. The van der Waals surface area contributed by atoms with Crippen molar-refractivity contribution >= 4 is 12.0 Å². The quantitative estimate of drug-likeness (QED) is 0.458. The highest BCUT2D eigenvalue weighted by molar-refractivity contribution is 7.94. The molecule has 17 heavy (non-hydrogen) atoms. The van der Waals surface area contributed by atoms with Crippen LogP contribution in [0.1, 0.15) is 0 Å². The van der Waals surface area contributed by atoms with E-state index in [9.17, 15) is 0 Å². The summed E-state index contributed by atoms with van der Waals surface area (Å²) >= 11 is 1.12. The average Bonchev–Trinajstić information content (AvgIpc) is 2.40. The molecule has 0 spiro atoms. The zero-order valence-electron chi connectivity index (χ0n) is 9.33. The number of ether oxygens (including phenoxy) is 1. The number of rotatable bonds is 5. The fourth-order valence-electron chi connectivity index (χ4n) is 1.26. The van der Waals surface area contributed by atoms with Gasteiger partial charge in [0.25, 0.3) is 0 Å². The Kier molecular flexibility index (Phi) is 4.30. The van der Waals surface area contributed by atoms with Crippen molar-refractivity contribution in [2.75, 3.05) is 7.11 Å². The molecular formula is C13H12O3S. The Labute approximate surface area is 104 Å². The second-order valence-electron chi connectivity index (χ2n) is 3.20. The van der Waals surface area contributed by atoms with Crippen molar-refractivity contribution in [3.63, 3.8) is 0 Å². The summed E-state index contributed by atoms with van der Waals surface area (Å²) in [5.41, 5.74) is 0. The van der Waals surface area contributed by atoms with Gasteiger partial charge in [0.15, 0.2) is 5.75 Å². The summed E-state index contributed by atoms with van der Waals surface area (Å²) in [6, 6.07) is 16.9. The van der Waals surface area contributed by atoms with E-state index in [0.29, 0.717) is 5.75 Å². The molecule has 2 rings (SSSR count). The van der Waals surface area contributed by atoms with Crippen molar-refractivity contribution in [2.24, 2.45) is 0 Å². The van der Waals surface area contributed by atoms with Crippen LogP contribution in [-0.4, -0.2) is 7.11 Å². The lowest BCUT2D eigenvalue weighted by Gasteiger charge is -2.06. The van der Waals surface area contributed by atoms with Gasteiger partial charge in [-0.3, -0.25) is 0 Å². The number of hydrogen-bond acceptors (Lipinski definition) is 4. The summed E-state index contributed by atoms with van der Waals surface area (Å²) in [4.78, 5) is 5.98. The minimum atomic E-state index is 0.662. The van der Waals surface area contributed by atoms with Gasteiger partial charge in [0.05, 0.1) is 24.0 Å². The molecule has 2 aromatic rings. The first-order chi connectivity index (χ1) is 8.40. The van der Waals surface area contributed by atoms with Gasteiger partial charge in [-0.25, -0.2) is 0 Å². The Morgan fingerprint density at radius 2 is 1.59 bits per heavy atom. The number of methoxy groups -OCH3 is 1. The molecule has 88 valence electrons. The molecular weight excluding hydrogens is 236 g/mol. The van der Waals surface area contributed by atoms with Crippen LogP contribution in [0.25, 0.3) is 0 Å². The van der Waals surface area contributed by atoms with E-state index in [1.165, 1.54) is 0 Å². The summed E-state index contributed by atoms with van der Waals surface area (Å²) in [6.45, 7) is 0. The summed E-state index contributed by atoms with van der Waals surface area (Å²) < 4.78 is 10.3. The monoisotopic (exact) mass is 248 g/mol. The molecule has 0 aromatic heterocycles. The van der Waals surface area contributed by atoms with E-state index in [1.807, 2.05) is 54.6 Å². The lowest BCUT2D eigenvalue weighted by Crippen LogP contribution is -1.90. The molecule has 0 amide bonds. The van der Waals surface area contributed by atoms with E-state index in [1.54, 1.807) is 7.11 Å². The molecule has 0 radical (unpaired) electrons. The van der Waals surface area contributed by atoms with E-state index in [0.717, 1.165) is 22.7 Å². The van der Waals surface area contributed by atoms with Crippen molar-refractivity contribution in [1.29, 1.82) is 0 Å². The fraction of sp³-hybridized carbons (Fsp3) is 0.0769. The van der Waals surface area contributed by atoms with Gasteiger partial charge < -0.3 is 9.62 Å². The fourth-order valence-corrected chi connectivity index (χ4v) is 1.81. The molecule has 0 heterocycles. The highest BCUT2D eigenvalue weighted by Crippen LogP contribution is 2.29. The molecule has 3 nitrogen and oxygen atoms in total. The predicted octanol–water partition coefficient (Wildman–Crippen LogP) is 3.71. The Morgan fingerprint density at radius 1 is 0.882 bits per heavy atom. The number of benzene rings is 2. The minimum absolute atomic E-state index is 0.662. The van der Waals surface area contributed by atoms with Gasteiger partial charge in [0.2, 0.25) is 0 Å². The smallest absolute Gasteiger partial charge is 0.166 e. The van der Waals surface area contributed by atoms with Crippen LogP contribution in [0, 0.1) is 0 Å². The van der Waals surface area contributed by atoms with Gasteiger partial charge in [-0.15, -0.1) is 4.33 Å². The maximum absolute atomic E-state index is 5.19. The van der Waals surface area contributed by atoms with Crippen LogP contribution in [0.5, 0.6) is 11.5 Å². The molecule has 0 aliphatic carbocycles. The number of hydrogen-bond donors (Lipinski definition) is 0. The lowest BCUT2D eigenvalue weighted by atomic mass is 10.3. The van der Waals surface area contributed by atoms with Crippen molar-refractivity contribution < 1.29 is 14.0 Å². The summed E-state index contributed by atoms with van der Waals surface area (Å²) in [5, 5.41) is 0. The topological polar surface area (TPSA) is 27.7 Å². The summed E-state index contributed by atoms with van der Waals surface area (Å²) in [7, 11) is 1.62. The third kappa shape index (κ3) is 3.41. The second-order valence-corrected chi connectivity index (χ2v) is 3.94. The summed E-state index contributed by atoms with van der Waals surface area (Å²) in [6.07, 6.45) is 0. The molecule has 2 aromatic carbocycles. The van der Waals surface area contributed by atoms with Gasteiger partial charge >= 0.3 is 0 Å². The summed E-state index contributed by atoms with van der Waals surface area (Å²) in [5.74, 6) is 1.42. The Hall–Kier alpha value is -1.65. The second kappa shape index (κ2) is 6.18. The molecule has 0 saturated heterocycles. The standard InChI is InChI=1S/C13H12O3S/c1-14-12-9-5-6-10-13(12)17-16-15-11-7-3-2-4-8-11/h2-10H,1H3. The maximum atomic E-state index is 5.19. The first-order valence-electron chi connectivity index (χ1n) is 5.09. The Balaban J connectivity index is 1.90. The van der Waals surface area contributed by atoms with E-state index >= 15 is 0 Å². The molecule has 0 N–H and O–H groups in total. The van der Waals surface area contributed by atoms with Gasteiger partial charge in [0, 0.05) is 0 Å². The largest absolute Gasteiger partial charge is 0.495 e. The first-order valence-corrected chi connectivity index (χ1v) is 5.83. The van der Waals surface area contributed by atoms with E-state index in [2.05, 4.69) is 0 Å². The maximum Gasteiger partial charge on any atom is 0.166 e. The van der Waals surface area contributed by atoms with Crippen LogP contribution in [0.3, 0.4) is 0 Å². The molecule has 0 unspecified atom stereocenters. The van der Waals surface area contributed by atoms with E-state index < -0.39 is 0 Å². The van der Waals surface area contributed by atoms with E-state index in [-0.39, 0.29) is 0 Å². The van der Waals surface area contributed by atoms with Crippen molar-refractivity contribution in [1.82, 2.24) is 0 Å². The van der Waals surface area contributed by atoms with Crippen LogP contribution in [0.4, 0.5) is 0 Å². The molecule has 0 fully saturated rings. The SMILES string of the molecule is COc1ccccc1SOOc1ccccc1.